The minimum absolute atomic E-state index is 0.0718. The lowest BCUT2D eigenvalue weighted by atomic mass is 10.00. The van der Waals surface area contributed by atoms with Crippen molar-refractivity contribution in [3.8, 4) is 0 Å². The Balaban J connectivity index is 1.82. The van der Waals surface area contributed by atoms with Crippen LogP contribution in [0.4, 0.5) is 5.82 Å². The largest absolute Gasteiger partial charge is 0.354 e. The van der Waals surface area contributed by atoms with Crippen molar-refractivity contribution < 1.29 is 4.79 Å². The summed E-state index contributed by atoms with van der Waals surface area (Å²) in [6.45, 7) is 8.02. The molecule has 0 spiro atoms. The van der Waals surface area contributed by atoms with Crippen LogP contribution in [0.3, 0.4) is 0 Å². The molecule has 3 rings (SSSR count). The van der Waals surface area contributed by atoms with Crippen LogP contribution in [0.25, 0.3) is 0 Å². The second-order valence-corrected chi connectivity index (χ2v) is 7.67. The fourth-order valence-electron chi connectivity index (χ4n) is 3.87. The molecule has 0 saturated carbocycles. The number of aromatic nitrogens is 1. The number of pyridine rings is 1. The van der Waals surface area contributed by atoms with Crippen molar-refractivity contribution >= 4 is 11.7 Å². The highest BCUT2D eigenvalue weighted by molar-refractivity contribution is 5.95. The molecule has 0 bridgehead atoms. The molecule has 1 atom stereocenters. The fourth-order valence-corrected chi connectivity index (χ4v) is 3.87. The fraction of sp³-hybridized carbons (Fsp3) is 0.478. The molecule has 1 fully saturated rings. The molecule has 1 aliphatic rings. The first kappa shape index (κ1) is 19.4. The van der Waals surface area contributed by atoms with Crippen LogP contribution in [0.15, 0.2) is 48.7 Å². The van der Waals surface area contributed by atoms with E-state index in [-0.39, 0.29) is 11.9 Å². The third-order valence-corrected chi connectivity index (χ3v) is 5.47. The molecule has 0 aliphatic carbocycles. The monoisotopic (exact) mass is 365 g/mol. The Bertz CT molecular complexity index is 744. The van der Waals surface area contributed by atoms with Crippen LogP contribution in [-0.2, 0) is 6.54 Å². The summed E-state index contributed by atoms with van der Waals surface area (Å²) < 4.78 is 0. The van der Waals surface area contributed by atoms with Gasteiger partial charge in [-0.15, -0.1) is 0 Å². The van der Waals surface area contributed by atoms with E-state index in [1.54, 1.807) is 6.20 Å². The van der Waals surface area contributed by atoms with Crippen LogP contribution in [0, 0.1) is 0 Å². The van der Waals surface area contributed by atoms with E-state index < -0.39 is 0 Å². The summed E-state index contributed by atoms with van der Waals surface area (Å²) in [5.41, 5.74) is 1.88. The van der Waals surface area contributed by atoms with Gasteiger partial charge in [-0.2, -0.15) is 0 Å². The normalized spacial score (nSPS) is 17.2. The molecule has 2 aromatic rings. The van der Waals surface area contributed by atoms with Crippen LogP contribution in [0.1, 0.15) is 62.4 Å². The number of nitrogens with zero attached hydrogens (tertiary/aromatic N) is 3. The smallest absolute Gasteiger partial charge is 0.254 e. The average Bonchev–Trinajstić information content (AvgIpc) is 2.72. The van der Waals surface area contributed by atoms with Crippen molar-refractivity contribution in [2.24, 2.45) is 0 Å². The molecule has 1 aromatic carbocycles. The van der Waals surface area contributed by atoms with Crippen LogP contribution >= 0.6 is 0 Å². The van der Waals surface area contributed by atoms with Crippen LogP contribution < -0.4 is 4.90 Å². The topological polar surface area (TPSA) is 36.4 Å². The third kappa shape index (κ3) is 4.68. The van der Waals surface area contributed by atoms with E-state index in [4.69, 9.17) is 0 Å². The lowest BCUT2D eigenvalue weighted by Crippen LogP contribution is -2.40. The van der Waals surface area contributed by atoms with Crippen molar-refractivity contribution in [2.75, 3.05) is 11.4 Å². The van der Waals surface area contributed by atoms with Crippen LogP contribution in [-0.4, -0.2) is 34.4 Å². The summed E-state index contributed by atoms with van der Waals surface area (Å²) in [7, 11) is 0. The molecule has 1 amide bonds. The maximum absolute atomic E-state index is 13.3. The van der Waals surface area contributed by atoms with Gasteiger partial charge in [-0.3, -0.25) is 4.79 Å². The molecule has 4 heteroatoms. The first-order valence-corrected chi connectivity index (χ1v) is 10.2. The second-order valence-electron chi connectivity index (χ2n) is 7.67. The molecule has 144 valence electrons. The number of hydrogen-bond donors (Lipinski definition) is 0. The van der Waals surface area contributed by atoms with Gasteiger partial charge in [-0.1, -0.05) is 37.3 Å². The van der Waals surface area contributed by atoms with Gasteiger partial charge in [0.05, 0.1) is 0 Å². The second kappa shape index (κ2) is 9.03. The molecule has 1 unspecified atom stereocenters. The lowest BCUT2D eigenvalue weighted by Gasteiger charge is -2.36. The standard InChI is InChI=1S/C23H31N3O/c1-4-21-12-8-9-15-25(21)22-16-20(13-14-24-22)23(27)26(18(2)3)17-19-10-6-5-7-11-19/h5-7,10-11,13-14,16,18,21H,4,8-9,12,15,17H2,1-3H3. The number of piperidine rings is 1. The minimum Gasteiger partial charge on any atom is -0.354 e. The van der Waals surface area contributed by atoms with E-state index in [1.807, 2.05) is 35.2 Å². The van der Waals surface area contributed by atoms with Crippen molar-refractivity contribution in [1.82, 2.24) is 9.88 Å². The highest BCUT2D eigenvalue weighted by atomic mass is 16.2. The quantitative estimate of drug-likeness (QED) is 0.730. The number of rotatable bonds is 6. The Morgan fingerprint density at radius 3 is 2.70 bits per heavy atom. The highest BCUT2D eigenvalue weighted by Gasteiger charge is 2.24. The molecule has 1 aromatic heterocycles. The zero-order valence-electron chi connectivity index (χ0n) is 16.8. The summed E-state index contributed by atoms with van der Waals surface area (Å²) >= 11 is 0. The lowest BCUT2D eigenvalue weighted by molar-refractivity contribution is 0.0690. The number of amides is 1. The first-order chi connectivity index (χ1) is 13.1. The van der Waals surface area contributed by atoms with Gasteiger partial charge < -0.3 is 9.80 Å². The van der Waals surface area contributed by atoms with Gasteiger partial charge in [0.1, 0.15) is 5.82 Å². The van der Waals surface area contributed by atoms with E-state index in [1.165, 1.54) is 19.3 Å². The minimum atomic E-state index is 0.0718. The van der Waals surface area contributed by atoms with Gasteiger partial charge >= 0.3 is 0 Å². The van der Waals surface area contributed by atoms with E-state index in [0.29, 0.717) is 12.6 Å². The van der Waals surface area contributed by atoms with Crippen LogP contribution in [0.2, 0.25) is 0 Å². The van der Waals surface area contributed by atoms with Gasteiger partial charge in [-0.05, 0) is 57.2 Å². The Morgan fingerprint density at radius 1 is 1.22 bits per heavy atom. The van der Waals surface area contributed by atoms with E-state index >= 15 is 0 Å². The predicted molar refractivity (Wildman–Crippen MR) is 111 cm³/mol. The molecular weight excluding hydrogens is 334 g/mol. The number of benzene rings is 1. The van der Waals surface area contributed by atoms with Gasteiger partial charge in [0.2, 0.25) is 0 Å². The maximum Gasteiger partial charge on any atom is 0.254 e. The van der Waals surface area contributed by atoms with Gasteiger partial charge in [0.25, 0.3) is 5.91 Å². The zero-order chi connectivity index (χ0) is 19.2. The maximum atomic E-state index is 13.3. The van der Waals surface area contributed by atoms with Crippen molar-refractivity contribution in [3.63, 3.8) is 0 Å². The Labute approximate surface area is 163 Å². The number of carbonyl (C=O) groups excluding carboxylic acids is 1. The Hall–Kier alpha value is -2.36. The molecule has 2 heterocycles. The third-order valence-electron chi connectivity index (χ3n) is 5.47. The summed E-state index contributed by atoms with van der Waals surface area (Å²) in [5.74, 6) is 1.01. The van der Waals surface area contributed by atoms with Crippen LogP contribution in [0.5, 0.6) is 0 Å². The van der Waals surface area contributed by atoms with Gasteiger partial charge in [0, 0.05) is 36.9 Å². The molecule has 0 N–H and O–H groups in total. The molecule has 1 saturated heterocycles. The average molecular weight is 366 g/mol. The number of hydrogen-bond acceptors (Lipinski definition) is 3. The summed E-state index contributed by atoms with van der Waals surface area (Å²) in [6, 6.07) is 14.7. The summed E-state index contributed by atoms with van der Waals surface area (Å²) in [5, 5.41) is 0. The Kier molecular flexibility index (Phi) is 6.49. The van der Waals surface area contributed by atoms with Gasteiger partial charge in [-0.25, -0.2) is 4.98 Å². The SMILES string of the molecule is CCC1CCCCN1c1cc(C(=O)N(Cc2ccccc2)C(C)C)ccn1. The first-order valence-electron chi connectivity index (χ1n) is 10.2. The molecular formula is C23H31N3O. The molecule has 4 nitrogen and oxygen atoms in total. The van der Waals surface area contributed by atoms with Gasteiger partial charge in [0.15, 0.2) is 0 Å². The number of carbonyl (C=O) groups is 1. The number of anilines is 1. The summed E-state index contributed by atoms with van der Waals surface area (Å²) in [4.78, 5) is 22.2. The van der Waals surface area contributed by atoms with Crippen molar-refractivity contribution in [3.05, 3.63) is 59.8 Å². The predicted octanol–water partition coefficient (Wildman–Crippen LogP) is 4.90. The molecule has 0 radical (unpaired) electrons. The molecule has 27 heavy (non-hydrogen) atoms. The van der Waals surface area contributed by atoms with E-state index in [9.17, 15) is 4.79 Å². The highest BCUT2D eigenvalue weighted by Crippen LogP contribution is 2.26. The van der Waals surface area contributed by atoms with E-state index in [2.05, 4.69) is 42.8 Å². The Morgan fingerprint density at radius 2 is 2.00 bits per heavy atom. The van der Waals surface area contributed by atoms with Crippen molar-refractivity contribution in [2.45, 2.75) is 65.1 Å². The summed E-state index contributed by atoms with van der Waals surface area (Å²) in [6.07, 6.45) is 6.59. The zero-order valence-corrected chi connectivity index (χ0v) is 16.8. The van der Waals surface area contributed by atoms with E-state index in [0.717, 1.165) is 29.9 Å². The molecule has 1 aliphatic heterocycles. The van der Waals surface area contributed by atoms with Crippen molar-refractivity contribution in [1.29, 1.82) is 0 Å².